The molecule has 2 saturated heterocycles. The number of aryl methyl sites for hydroxylation is 2. The number of aromatic amines is 1. The minimum atomic E-state index is -3.51. The predicted octanol–water partition coefficient (Wildman–Crippen LogP) is 5.16. The van der Waals surface area contributed by atoms with Crippen molar-refractivity contribution < 1.29 is 26.9 Å². The van der Waals surface area contributed by atoms with Gasteiger partial charge in [0, 0.05) is 60.9 Å². The van der Waals surface area contributed by atoms with Gasteiger partial charge in [0.25, 0.3) is 5.91 Å². The second-order valence-corrected chi connectivity index (χ2v) is 19.2. The van der Waals surface area contributed by atoms with Crippen LogP contribution in [-0.2, 0) is 26.7 Å². The molecule has 2 N–H and O–H groups in total. The Labute approximate surface area is 359 Å². The van der Waals surface area contributed by atoms with Gasteiger partial charge in [-0.25, -0.2) is 27.1 Å². The quantitative estimate of drug-likeness (QED) is 0.196. The summed E-state index contributed by atoms with van der Waals surface area (Å²) in [5.74, 6) is -0.284. The summed E-state index contributed by atoms with van der Waals surface area (Å²) in [6.07, 6.45) is 7.63. The normalized spacial score (nSPS) is 22.0. The Morgan fingerprint density at radius 1 is 0.984 bits per heavy atom. The molecule has 7 aromatic rings. The SMILES string of the molecule is Cc1cc(-n2nc3c(c2-n2ccn(-c4ccc(NS(C)(=O)=O)cc4)c2=O)C2CC(C3)N2C(=O)c2cc3nc(C4CCOCC4)ccc3n2[C@@]2(c3noc(=O)[nH]3)C[C@@H]2C)cc(C)c1F. The van der Waals surface area contributed by atoms with Gasteiger partial charge in [0.1, 0.15) is 22.9 Å². The van der Waals surface area contributed by atoms with Gasteiger partial charge in [0.05, 0.1) is 40.4 Å². The number of imidazole rings is 1. The lowest BCUT2D eigenvalue weighted by molar-refractivity contribution is 0.00511. The smallest absolute Gasteiger partial charge is 0.381 e. The van der Waals surface area contributed by atoms with E-state index in [-0.39, 0.29) is 29.6 Å². The van der Waals surface area contributed by atoms with Gasteiger partial charge in [-0.1, -0.05) is 12.1 Å². The summed E-state index contributed by atoms with van der Waals surface area (Å²) in [5.41, 5.74) is 5.06. The Bertz CT molecular complexity index is 3240. The van der Waals surface area contributed by atoms with E-state index in [0.29, 0.717) is 89.1 Å². The fraction of sp³-hybridized carbons (Fsp3) is 0.364. The zero-order chi connectivity index (χ0) is 43.7. The number of H-pyrrole nitrogens is 1. The molecule has 11 rings (SSSR count). The van der Waals surface area contributed by atoms with Crippen LogP contribution in [0.5, 0.6) is 0 Å². The average Bonchev–Trinajstić information content (AvgIpc) is 3.75. The van der Waals surface area contributed by atoms with Gasteiger partial charge in [-0.15, -0.1) is 0 Å². The Morgan fingerprint density at radius 2 is 1.70 bits per heavy atom. The fourth-order valence-corrected chi connectivity index (χ4v) is 10.8. The molecular weight excluding hydrogens is 832 g/mol. The number of rotatable bonds is 9. The summed E-state index contributed by atoms with van der Waals surface area (Å²) in [6.45, 7) is 6.72. The molecule has 0 radical (unpaired) electrons. The highest BCUT2D eigenvalue weighted by atomic mass is 32.2. The highest BCUT2D eigenvalue weighted by molar-refractivity contribution is 7.92. The van der Waals surface area contributed by atoms with Crippen LogP contribution in [0.3, 0.4) is 0 Å². The number of sulfonamides is 1. The van der Waals surface area contributed by atoms with Crippen molar-refractivity contribution in [1.29, 1.82) is 0 Å². The van der Waals surface area contributed by atoms with E-state index in [4.69, 9.17) is 19.3 Å². The van der Waals surface area contributed by atoms with Gasteiger partial charge in [0.15, 0.2) is 5.82 Å². The first-order chi connectivity index (χ1) is 30.2. The van der Waals surface area contributed by atoms with E-state index in [2.05, 4.69) is 14.9 Å². The number of ether oxygens (including phenoxy) is 1. The summed E-state index contributed by atoms with van der Waals surface area (Å²) >= 11 is 0. The predicted molar refractivity (Wildman–Crippen MR) is 228 cm³/mol. The van der Waals surface area contributed by atoms with Crippen LogP contribution in [0.2, 0.25) is 0 Å². The number of pyridine rings is 1. The number of benzene rings is 2. The van der Waals surface area contributed by atoms with Gasteiger partial charge in [-0.05, 0) is 111 Å². The average molecular weight is 875 g/mol. The highest BCUT2D eigenvalue weighted by Crippen LogP contribution is 2.57. The van der Waals surface area contributed by atoms with E-state index >= 15 is 9.18 Å². The van der Waals surface area contributed by atoms with Crippen molar-refractivity contribution in [1.82, 2.24) is 43.5 Å². The number of nitrogens with one attached hydrogen (secondary N) is 2. The van der Waals surface area contributed by atoms with Gasteiger partial charge in [-0.2, -0.15) is 5.10 Å². The van der Waals surface area contributed by atoms with Gasteiger partial charge < -0.3 is 14.2 Å². The van der Waals surface area contributed by atoms with E-state index < -0.39 is 33.0 Å². The summed E-state index contributed by atoms with van der Waals surface area (Å²) in [7, 11) is -3.51. The van der Waals surface area contributed by atoms with Gasteiger partial charge in [-0.3, -0.25) is 33.1 Å². The van der Waals surface area contributed by atoms with Crippen LogP contribution in [-0.4, -0.2) is 83.3 Å². The van der Waals surface area contributed by atoms with Crippen LogP contribution < -0.4 is 16.2 Å². The van der Waals surface area contributed by atoms with E-state index in [1.807, 2.05) is 34.6 Å². The molecule has 4 aliphatic rings. The van der Waals surface area contributed by atoms with E-state index in [1.165, 1.54) is 9.13 Å². The van der Waals surface area contributed by atoms with Crippen LogP contribution in [0.15, 0.2) is 81.1 Å². The lowest BCUT2D eigenvalue weighted by Gasteiger charge is -2.52. The third kappa shape index (κ3) is 6.14. The molecule has 0 spiro atoms. The molecule has 1 saturated carbocycles. The molecule has 17 nitrogen and oxygen atoms in total. The third-order valence-electron chi connectivity index (χ3n) is 13.4. The van der Waals surface area contributed by atoms with Crippen molar-refractivity contribution >= 4 is 32.7 Å². The second kappa shape index (κ2) is 14.0. The Balaban J connectivity index is 1.04. The van der Waals surface area contributed by atoms with Crippen molar-refractivity contribution in [3.05, 3.63) is 133 Å². The first-order valence-corrected chi connectivity index (χ1v) is 22.9. The molecule has 4 atom stereocenters. The van der Waals surface area contributed by atoms with Crippen LogP contribution in [0, 0.1) is 25.6 Å². The number of hydrogen-bond donors (Lipinski definition) is 2. The summed E-state index contributed by atoms with van der Waals surface area (Å²) in [4.78, 5) is 52.1. The zero-order valence-electron chi connectivity index (χ0n) is 34.8. The van der Waals surface area contributed by atoms with Gasteiger partial charge >= 0.3 is 11.4 Å². The zero-order valence-corrected chi connectivity index (χ0v) is 35.6. The first-order valence-electron chi connectivity index (χ1n) is 21.0. The van der Waals surface area contributed by atoms with Crippen LogP contribution in [0.4, 0.5) is 10.1 Å². The minimum absolute atomic E-state index is 0.00594. The lowest BCUT2D eigenvalue weighted by atomic mass is 9.77. The summed E-state index contributed by atoms with van der Waals surface area (Å²) in [6, 6.07) is 15.0. The molecule has 324 valence electrons. The van der Waals surface area contributed by atoms with E-state index in [9.17, 15) is 18.0 Å². The van der Waals surface area contributed by atoms with E-state index in [0.717, 1.165) is 36.0 Å². The molecule has 2 aromatic carbocycles. The third-order valence-corrected chi connectivity index (χ3v) is 14.0. The number of aromatic nitrogens is 8. The molecule has 2 aliphatic heterocycles. The van der Waals surface area contributed by atoms with Crippen molar-refractivity contribution in [2.45, 2.75) is 76.4 Å². The number of carbonyl (C=O) groups excluding carboxylic acids is 1. The number of amides is 1. The molecular formula is C44H43FN10O7S. The molecule has 2 aliphatic carbocycles. The molecule has 5 aromatic heterocycles. The van der Waals surface area contributed by atoms with Crippen LogP contribution >= 0.6 is 0 Å². The monoisotopic (exact) mass is 874 g/mol. The maximum atomic E-state index is 15.4. The molecule has 2 unspecified atom stereocenters. The van der Waals surface area contributed by atoms with Crippen molar-refractivity contribution in [2.75, 3.05) is 24.2 Å². The number of carbonyl (C=O) groups is 1. The molecule has 19 heteroatoms. The second-order valence-electron chi connectivity index (χ2n) is 17.4. The van der Waals surface area contributed by atoms with Crippen LogP contribution in [0.25, 0.3) is 28.2 Å². The van der Waals surface area contributed by atoms with Crippen molar-refractivity contribution in [3.8, 4) is 17.2 Å². The Morgan fingerprint density at radius 3 is 2.37 bits per heavy atom. The number of likely N-dealkylation sites (tertiary alicyclic amines) is 1. The topological polar surface area (TPSA) is 197 Å². The van der Waals surface area contributed by atoms with Gasteiger partial charge in [0.2, 0.25) is 10.0 Å². The largest absolute Gasteiger partial charge is 0.438 e. The maximum absolute atomic E-state index is 15.4. The number of fused-ring (bicyclic) bond motifs is 5. The molecule has 63 heavy (non-hydrogen) atoms. The summed E-state index contributed by atoms with van der Waals surface area (Å²) in [5, 5.41) is 9.22. The van der Waals surface area contributed by atoms with Crippen LogP contribution in [0.1, 0.15) is 89.0 Å². The highest BCUT2D eigenvalue weighted by Gasteiger charge is 2.60. The molecule has 2 bridgehead atoms. The molecule has 1 amide bonds. The number of halogens is 1. The van der Waals surface area contributed by atoms with E-state index in [1.54, 1.807) is 67.3 Å². The maximum Gasteiger partial charge on any atom is 0.438 e. The summed E-state index contributed by atoms with van der Waals surface area (Å²) < 4.78 is 58.4. The number of nitrogens with zero attached hydrogens (tertiary/aromatic N) is 8. The number of anilines is 1. The van der Waals surface area contributed by atoms with Crippen molar-refractivity contribution in [2.24, 2.45) is 5.92 Å². The minimum Gasteiger partial charge on any atom is -0.381 e. The Hall–Kier alpha value is -6.60. The lowest BCUT2D eigenvalue weighted by Crippen LogP contribution is -2.58. The molecule has 7 heterocycles. The molecule has 3 fully saturated rings. The van der Waals surface area contributed by atoms with Crippen molar-refractivity contribution in [3.63, 3.8) is 0 Å². The first kappa shape index (κ1) is 39.3. The fourth-order valence-electron chi connectivity index (χ4n) is 10.2. The number of hydrogen-bond acceptors (Lipinski definition) is 10. The standard InChI is InChI=1S/C44H43FN10O7S/c1-23-17-30(18-24(2)38(23)45)55-39(52-14-13-51(43(52)58)28-7-5-27(6-8-28)50-63(4,59)60)37-33(48-55)19-29-20-35(37)53(29)40(56)36-21-32-34(10-9-31(46-32)26-11-15-61-16-12-26)54(36)44(22-25(44)3)41-47-42(57)62-49-41/h5-10,13-14,17-18,21,25-26,29,35,50H,11-12,15-16,19-20,22H2,1-4H3,(H,47,49,57)/t25-,29?,35?,44-/m0/s1. The Kier molecular flexibility index (Phi) is 8.70.